The van der Waals surface area contributed by atoms with Crippen LogP contribution >= 0.6 is 0 Å². The van der Waals surface area contributed by atoms with Gasteiger partial charge in [0, 0.05) is 5.56 Å². The number of aliphatic hydroxyl groups excluding tert-OH is 1. The first-order valence-corrected chi connectivity index (χ1v) is 5.11. The Hall–Kier alpha value is -1.33. The molecule has 1 heterocycles. The van der Waals surface area contributed by atoms with Gasteiger partial charge in [-0.3, -0.25) is 0 Å². The molecule has 2 rings (SSSR count). The van der Waals surface area contributed by atoms with Gasteiger partial charge in [-0.05, 0) is 17.7 Å². The van der Waals surface area contributed by atoms with Crippen LogP contribution in [0.1, 0.15) is 17.2 Å². The van der Waals surface area contributed by atoms with Crippen LogP contribution < -0.4 is 15.2 Å². The van der Waals surface area contributed by atoms with Crippen molar-refractivity contribution in [2.45, 2.75) is 12.7 Å². The number of halogens is 1. The number of rotatable bonds is 3. The molecule has 0 radical (unpaired) electrons. The minimum Gasteiger partial charge on any atom is -0.486 e. The monoisotopic (exact) mass is 227 g/mol. The van der Waals surface area contributed by atoms with Gasteiger partial charge in [0.2, 0.25) is 0 Å². The fraction of sp³-hybridized carbons (Fsp3) is 0.455. The first-order valence-electron chi connectivity index (χ1n) is 5.11. The predicted octanol–water partition coefficient (Wildman–Crippen LogP) is 0.919. The number of hydrogen-bond acceptors (Lipinski definition) is 4. The number of hydrogen-bond donors (Lipinski definition) is 2. The lowest BCUT2D eigenvalue weighted by molar-refractivity contribution is 0.167. The van der Waals surface area contributed by atoms with E-state index >= 15 is 0 Å². The van der Waals surface area contributed by atoms with Crippen LogP contribution in [0.25, 0.3) is 0 Å². The Kier molecular flexibility index (Phi) is 3.26. The Labute approximate surface area is 92.8 Å². The summed E-state index contributed by atoms with van der Waals surface area (Å²) in [6, 6.07) is 2.62. The van der Waals surface area contributed by atoms with E-state index in [0.717, 1.165) is 0 Å². The maximum absolute atomic E-state index is 12.6. The van der Waals surface area contributed by atoms with Gasteiger partial charge < -0.3 is 20.3 Å². The highest BCUT2D eigenvalue weighted by Crippen LogP contribution is 2.37. The third-order valence-electron chi connectivity index (χ3n) is 2.48. The highest BCUT2D eigenvalue weighted by Gasteiger charge is 2.21. The molecule has 0 aromatic heterocycles. The summed E-state index contributed by atoms with van der Waals surface area (Å²) in [5, 5.41) is 9.04. The number of benzene rings is 1. The predicted molar refractivity (Wildman–Crippen MR) is 56.3 cm³/mol. The Balaban J connectivity index is 2.47. The lowest BCUT2D eigenvalue weighted by atomic mass is 10.0. The van der Waals surface area contributed by atoms with E-state index in [2.05, 4.69) is 0 Å². The van der Waals surface area contributed by atoms with Crippen molar-refractivity contribution >= 4 is 0 Å². The molecule has 1 aliphatic heterocycles. The number of aliphatic hydroxyl groups is 1. The van der Waals surface area contributed by atoms with Crippen molar-refractivity contribution < 1.29 is 19.0 Å². The summed E-state index contributed by atoms with van der Waals surface area (Å²) in [4.78, 5) is 0. The molecular weight excluding hydrogens is 213 g/mol. The van der Waals surface area contributed by atoms with E-state index in [1.54, 1.807) is 12.1 Å². The summed E-state index contributed by atoms with van der Waals surface area (Å²) >= 11 is 0. The summed E-state index contributed by atoms with van der Waals surface area (Å²) in [6.45, 7) is 0.0665. The van der Waals surface area contributed by atoms with E-state index in [4.69, 9.17) is 20.3 Å². The van der Waals surface area contributed by atoms with Gasteiger partial charge in [0.1, 0.15) is 19.9 Å². The highest BCUT2D eigenvalue weighted by molar-refractivity contribution is 5.51. The lowest BCUT2D eigenvalue weighted by Crippen LogP contribution is -2.21. The SMILES string of the molecule is NC(CO)c1cc(CF)cc2c1OCCO2. The summed E-state index contributed by atoms with van der Waals surface area (Å²) in [7, 11) is 0. The molecule has 4 nitrogen and oxygen atoms in total. The number of alkyl halides is 1. The van der Waals surface area contributed by atoms with E-state index in [1.807, 2.05) is 0 Å². The van der Waals surface area contributed by atoms with Crippen molar-refractivity contribution in [1.82, 2.24) is 0 Å². The molecule has 88 valence electrons. The minimum atomic E-state index is -0.595. The van der Waals surface area contributed by atoms with Gasteiger partial charge in [-0.25, -0.2) is 4.39 Å². The number of fused-ring (bicyclic) bond motifs is 1. The molecule has 0 saturated heterocycles. The average Bonchev–Trinajstić information content (AvgIpc) is 2.36. The highest BCUT2D eigenvalue weighted by atomic mass is 19.1. The third kappa shape index (κ3) is 1.96. The van der Waals surface area contributed by atoms with Gasteiger partial charge in [0.15, 0.2) is 11.5 Å². The fourth-order valence-corrected chi connectivity index (χ4v) is 1.69. The van der Waals surface area contributed by atoms with E-state index in [9.17, 15) is 4.39 Å². The van der Waals surface area contributed by atoms with Crippen molar-refractivity contribution in [2.24, 2.45) is 5.73 Å². The smallest absolute Gasteiger partial charge is 0.166 e. The maximum Gasteiger partial charge on any atom is 0.166 e. The van der Waals surface area contributed by atoms with Crippen LogP contribution in [0.4, 0.5) is 4.39 Å². The standard InChI is InChI=1S/C11H14FNO3/c12-5-7-3-8(9(13)6-14)11-10(4-7)15-1-2-16-11/h3-4,9,14H,1-2,5-6,13H2. The largest absolute Gasteiger partial charge is 0.486 e. The Morgan fingerprint density at radius 1 is 1.38 bits per heavy atom. The Bertz CT molecular complexity index is 384. The van der Waals surface area contributed by atoms with Gasteiger partial charge in [0.05, 0.1) is 12.6 Å². The summed E-state index contributed by atoms with van der Waals surface area (Å²) in [5.74, 6) is 1.02. The molecule has 5 heteroatoms. The molecule has 1 unspecified atom stereocenters. The quantitative estimate of drug-likeness (QED) is 0.806. The van der Waals surface area contributed by atoms with Gasteiger partial charge >= 0.3 is 0 Å². The van der Waals surface area contributed by atoms with Crippen LogP contribution in [0, 0.1) is 0 Å². The third-order valence-corrected chi connectivity index (χ3v) is 2.48. The topological polar surface area (TPSA) is 64.7 Å². The number of ether oxygens (including phenoxy) is 2. The van der Waals surface area contributed by atoms with Crippen molar-refractivity contribution in [3.05, 3.63) is 23.3 Å². The molecule has 0 bridgehead atoms. The van der Waals surface area contributed by atoms with Crippen LogP contribution in [0.5, 0.6) is 11.5 Å². The molecule has 0 aliphatic carbocycles. The van der Waals surface area contributed by atoms with Crippen LogP contribution in [-0.2, 0) is 6.67 Å². The summed E-state index contributed by atoms with van der Waals surface area (Å²) in [5.41, 5.74) is 6.80. The maximum atomic E-state index is 12.6. The normalized spacial score (nSPS) is 15.9. The second-order valence-electron chi connectivity index (χ2n) is 3.63. The molecule has 0 fully saturated rings. The molecule has 0 amide bonds. The zero-order valence-electron chi connectivity index (χ0n) is 8.78. The van der Waals surface area contributed by atoms with Gasteiger partial charge in [0.25, 0.3) is 0 Å². The molecule has 1 aromatic rings. The molecule has 16 heavy (non-hydrogen) atoms. The Morgan fingerprint density at radius 2 is 2.12 bits per heavy atom. The molecular formula is C11H14FNO3. The average molecular weight is 227 g/mol. The molecule has 3 N–H and O–H groups in total. The zero-order chi connectivity index (χ0) is 11.5. The van der Waals surface area contributed by atoms with E-state index in [0.29, 0.717) is 35.8 Å². The van der Waals surface area contributed by atoms with Gasteiger partial charge in [-0.15, -0.1) is 0 Å². The van der Waals surface area contributed by atoms with Gasteiger partial charge in [-0.2, -0.15) is 0 Å². The van der Waals surface area contributed by atoms with E-state index < -0.39 is 12.7 Å². The first kappa shape index (κ1) is 11.2. The van der Waals surface area contributed by atoms with Crippen LogP contribution in [-0.4, -0.2) is 24.9 Å². The molecule has 0 saturated carbocycles. The molecule has 1 aromatic carbocycles. The number of nitrogens with two attached hydrogens (primary N) is 1. The van der Waals surface area contributed by atoms with Crippen molar-refractivity contribution in [1.29, 1.82) is 0 Å². The van der Waals surface area contributed by atoms with Gasteiger partial charge in [-0.1, -0.05) is 0 Å². The summed E-state index contributed by atoms with van der Waals surface area (Å²) < 4.78 is 23.5. The fourth-order valence-electron chi connectivity index (χ4n) is 1.69. The second-order valence-corrected chi connectivity index (χ2v) is 3.63. The van der Waals surface area contributed by atoms with Crippen molar-refractivity contribution in [3.63, 3.8) is 0 Å². The lowest BCUT2D eigenvalue weighted by Gasteiger charge is -2.23. The molecule has 0 spiro atoms. The molecule has 1 aliphatic rings. The minimum absolute atomic E-state index is 0.217. The first-order chi connectivity index (χ1) is 7.76. The summed E-state index contributed by atoms with van der Waals surface area (Å²) in [6.07, 6.45) is 0. The van der Waals surface area contributed by atoms with Crippen LogP contribution in [0.15, 0.2) is 12.1 Å². The Morgan fingerprint density at radius 3 is 2.81 bits per heavy atom. The van der Waals surface area contributed by atoms with Crippen molar-refractivity contribution in [3.8, 4) is 11.5 Å². The zero-order valence-corrected chi connectivity index (χ0v) is 8.78. The molecule has 1 atom stereocenters. The van der Waals surface area contributed by atoms with E-state index in [-0.39, 0.29) is 6.61 Å². The van der Waals surface area contributed by atoms with E-state index in [1.165, 1.54) is 0 Å². The van der Waals surface area contributed by atoms with Crippen LogP contribution in [0.3, 0.4) is 0 Å². The second kappa shape index (κ2) is 4.67. The van der Waals surface area contributed by atoms with Crippen molar-refractivity contribution in [2.75, 3.05) is 19.8 Å². The van der Waals surface area contributed by atoms with Crippen LogP contribution in [0.2, 0.25) is 0 Å².